The molecule has 0 saturated heterocycles. The Morgan fingerprint density at radius 2 is 2.00 bits per heavy atom. The summed E-state index contributed by atoms with van der Waals surface area (Å²) < 4.78 is 5.64. The number of halogens is 1. The van der Waals surface area contributed by atoms with Crippen LogP contribution in [0.2, 0.25) is 0 Å². The summed E-state index contributed by atoms with van der Waals surface area (Å²) in [5.74, 6) is 0.925. The van der Waals surface area contributed by atoms with Gasteiger partial charge in [0.25, 0.3) is 0 Å². The van der Waals surface area contributed by atoms with Gasteiger partial charge >= 0.3 is 0 Å². The van der Waals surface area contributed by atoms with Gasteiger partial charge in [-0.2, -0.15) is 0 Å². The van der Waals surface area contributed by atoms with Gasteiger partial charge in [0, 0.05) is 11.4 Å². The topological polar surface area (TPSA) is 9.23 Å². The van der Waals surface area contributed by atoms with Gasteiger partial charge in [-0.25, -0.2) is 0 Å². The second kappa shape index (κ2) is 2.82. The molecule has 0 aliphatic heterocycles. The smallest absolute Gasteiger partial charge is 0.0596 e. The summed E-state index contributed by atoms with van der Waals surface area (Å²) in [5, 5.41) is 0. The predicted molar refractivity (Wildman–Crippen MR) is 44.4 cm³/mol. The number of hydrogen-bond acceptors (Lipinski definition) is 1. The number of ether oxygens (including phenoxy) is 1. The highest BCUT2D eigenvalue weighted by molar-refractivity contribution is 9.09. The van der Waals surface area contributed by atoms with Gasteiger partial charge in [0.2, 0.25) is 0 Å². The maximum Gasteiger partial charge on any atom is 0.0596 e. The van der Waals surface area contributed by atoms with Crippen LogP contribution in [-0.4, -0.2) is 17.5 Å². The van der Waals surface area contributed by atoms with Crippen LogP contribution in [0.5, 0.6) is 0 Å². The molecule has 0 bridgehead atoms. The molecule has 0 atom stereocenters. The second-order valence-electron chi connectivity index (χ2n) is 3.47. The summed E-state index contributed by atoms with van der Waals surface area (Å²) in [6.45, 7) is 1.03. The Bertz CT molecular complexity index is 116. The zero-order valence-corrected chi connectivity index (χ0v) is 7.64. The second-order valence-corrected chi connectivity index (χ2v) is 4.76. The number of rotatable bonds is 3. The fourth-order valence-electron chi connectivity index (χ4n) is 1.19. The maximum atomic E-state index is 5.64. The fraction of sp³-hybridized carbons (Fsp3) is 1.00. The van der Waals surface area contributed by atoms with Crippen molar-refractivity contribution in [3.8, 4) is 0 Å². The van der Waals surface area contributed by atoms with Crippen LogP contribution in [0.1, 0.15) is 25.7 Å². The van der Waals surface area contributed by atoms with Crippen LogP contribution in [0.15, 0.2) is 0 Å². The minimum Gasteiger partial charge on any atom is -0.378 e. The van der Waals surface area contributed by atoms with Gasteiger partial charge < -0.3 is 4.74 Å². The molecule has 1 nitrogen and oxygen atoms in total. The Morgan fingerprint density at radius 1 is 1.30 bits per heavy atom. The molecule has 0 spiro atoms. The Hall–Kier alpha value is 0.440. The van der Waals surface area contributed by atoms with E-state index in [0.29, 0.717) is 6.10 Å². The Morgan fingerprint density at radius 3 is 2.50 bits per heavy atom. The van der Waals surface area contributed by atoms with Crippen molar-refractivity contribution in [2.24, 2.45) is 5.92 Å². The normalized spacial score (nSPS) is 39.3. The van der Waals surface area contributed by atoms with E-state index >= 15 is 0 Å². The molecule has 0 N–H and O–H groups in total. The molecule has 0 heterocycles. The van der Waals surface area contributed by atoms with Gasteiger partial charge in [-0.3, -0.25) is 0 Å². The van der Waals surface area contributed by atoms with Crippen LogP contribution in [-0.2, 0) is 4.74 Å². The van der Waals surface area contributed by atoms with Gasteiger partial charge in [0.15, 0.2) is 0 Å². The van der Waals surface area contributed by atoms with Crippen LogP contribution in [0.25, 0.3) is 0 Å². The minimum atomic E-state index is 0.588. The van der Waals surface area contributed by atoms with Crippen molar-refractivity contribution >= 4 is 15.9 Å². The fourth-order valence-corrected chi connectivity index (χ4v) is 2.03. The molecule has 0 amide bonds. The first-order valence-electron chi connectivity index (χ1n) is 4.10. The SMILES string of the molecule is BrC1CC(OCC2CC2)C1. The Balaban J connectivity index is 1.54. The molecule has 2 aliphatic rings. The van der Waals surface area contributed by atoms with E-state index in [1.54, 1.807) is 0 Å². The lowest BCUT2D eigenvalue weighted by Crippen LogP contribution is -2.32. The average molecular weight is 205 g/mol. The highest BCUT2D eigenvalue weighted by atomic mass is 79.9. The summed E-state index contributed by atoms with van der Waals surface area (Å²) >= 11 is 3.54. The van der Waals surface area contributed by atoms with E-state index in [4.69, 9.17) is 4.74 Å². The third-order valence-corrected chi connectivity index (χ3v) is 3.05. The molecule has 2 fully saturated rings. The zero-order chi connectivity index (χ0) is 6.97. The van der Waals surface area contributed by atoms with E-state index in [9.17, 15) is 0 Å². The van der Waals surface area contributed by atoms with Gasteiger partial charge in [0.1, 0.15) is 0 Å². The summed E-state index contributed by atoms with van der Waals surface area (Å²) in [6, 6.07) is 0. The molecular formula is C8H13BrO. The van der Waals surface area contributed by atoms with Crippen LogP contribution in [0.3, 0.4) is 0 Å². The minimum absolute atomic E-state index is 0.588. The summed E-state index contributed by atoms with van der Waals surface area (Å²) in [5.41, 5.74) is 0. The Labute approximate surface area is 70.3 Å². The molecule has 2 heteroatoms. The Kier molecular flexibility index (Phi) is 2.01. The van der Waals surface area contributed by atoms with Crippen molar-refractivity contribution in [2.75, 3.05) is 6.61 Å². The molecule has 0 aromatic heterocycles. The average Bonchev–Trinajstić information content (AvgIpc) is 2.60. The van der Waals surface area contributed by atoms with Crippen LogP contribution in [0, 0.1) is 5.92 Å². The van der Waals surface area contributed by atoms with E-state index in [2.05, 4.69) is 15.9 Å². The monoisotopic (exact) mass is 204 g/mol. The first-order chi connectivity index (χ1) is 4.84. The van der Waals surface area contributed by atoms with E-state index in [1.165, 1.54) is 25.7 Å². The van der Waals surface area contributed by atoms with Crippen molar-refractivity contribution < 1.29 is 4.74 Å². The van der Waals surface area contributed by atoms with E-state index in [0.717, 1.165) is 17.4 Å². The lowest BCUT2D eigenvalue weighted by molar-refractivity contribution is 0.00164. The molecule has 2 aliphatic carbocycles. The highest BCUT2D eigenvalue weighted by Crippen LogP contribution is 2.34. The van der Waals surface area contributed by atoms with Crippen molar-refractivity contribution in [1.29, 1.82) is 0 Å². The number of hydrogen-bond donors (Lipinski definition) is 0. The first kappa shape index (κ1) is 7.11. The first-order valence-corrected chi connectivity index (χ1v) is 5.02. The van der Waals surface area contributed by atoms with Gasteiger partial charge in [-0.1, -0.05) is 15.9 Å². The highest BCUT2D eigenvalue weighted by Gasteiger charge is 2.30. The van der Waals surface area contributed by atoms with E-state index < -0.39 is 0 Å². The molecule has 2 rings (SSSR count). The summed E-state index contributed by atoms with van der Waals surface area (Å²) in [4.78, 5) is 0.747. The van der Waals surface area contributed by atoms with Gasteiger partial charge in [0.05, 0.1) is 6.10 Å². The van der Waals surface area contributed by atoms with Crippen LogP contribution in [0.4, 0.5) is 0 Å². The van der Waals surface area contributed by atoms with Crippen molar-refractivity contribution in [3.05, 3.63) is 0 Å². The molecule has 58 valence electrons. The lowest BCUT2D eigenvalue weighted by atomic mass is 9.96. The lowest BCUT2D eigenvalue weighted by Gasteiger charge is -2.31. The summed E-state index contributed by atoms with van der Waals surface area (Å²) in [6.07, 6.45) is 5.86. The zero-order valence-electron chi connectivity index (χ0n) is 6.05. The maximum absolute atomic E-state index is 5.64. The molecule has 2 saturated carbocycles. The van der Waals surface area contributed by atoms with E-state index in [-0.39, 0.29) is 0 Å². The molecule has 0 radical (unpaired) electrons. The van der Waals surface area contributed by atoms with Crippen LogP contribution < -0.4 is 0 Å². The van der Waals surface area contributed by atoms with Crippen molar-refractivity contribution in [1.82, 2.24) is 0 Å². The molecule has 0 aromatic rings. The quantitative estimate of drug-likeness (QED) is 0.642. The molecule has 10 heavy (non-hydrogen) atoms. The molecule has 0 aromatic carbocycles. The molecular weight excluding hydrogens is 192 g/mol. The van der Waals surface area contributed by atoms with Gasteiger partial charge in [-0.15, -0.1) is 0 Å². The van der Waals surface area contributed by atoms with Gasteiger partial charge in [-0.05, 0) is 31.6 Å². The standard InChI is InChI=1S/C8H13BrO/c9-7-3-8(4-7)10-5-6-1-2-6/h6-8H,1-5H2. The van der Waals surface area contributed by atoms with Crippen molar-refractivity contribution in [3.63, 3.8) is 0 Å². The predicted octanol–water partition coefficient (Wildman–Crippen LogP) is 2.34. The number of alkyl halides is 1. The largest absolute Gasteiger partial charge is 0.378 e. The van der Waals surface area contributed by atoms with Crippen molar-refractivity contribution in [2.45, 2.75) is 36.6 Å². The molecule has 0 unspecified atom stereocenters. The summed E-state index contributed by atoms with van der Waals surface area (Å²) in [7, 11) is 0. The third-order valence-electron chi connectivity index (χ3n) is 2.30. The van der Waals surface area contributed by atoms with Crippen LogP contribution >= 0.6 is 15.9 Å². The van der Waals surface area contributed by atoms with E-state index in [1.807, 2.05) is 0 Å². The third kappa shape index (κ3) is 1.73.